The first-order valence-electron chi connectivity index (χ1n) is 6.32. The van der Waals surface area contributed by atoms with Crippen molar-refractivity contribution in [3.05, 3.63) is 23.9 Å². The van der Waals surface area contributed by atoms with Crippen molar-refractivity contribution in [2.75, 3.05) is 18.9 Å². The Balaban J connectivity index is 2.09. The maximum absolute atomic E-state index is 5.89. The highest BCUT2D eigenvalue weighted by Crippen LogP contribution is 2.39. The fourth-order valence-electron chi connectivity index (χ4n) is 2.20. The zero-order valence-electron chi connectivity index (χ0n) is 11.0. The molecule has 0 saturated carbocycles. The van der Waals surface area contributed by atoms with Crippen molar-refractivity contribution in [3.63, 3.8) is 0 Å². The largest absolute Gasteiger partial charge is 0.486 e. The van der Waals surface area contributed by atoms with Crippen LogP contribution >= 0.6 is 0 Å². The number of ether oxygens (including phenoxy) is 2. The standard InChI is InChI=1S/C14H16N2O3/c1-8(2)13-12(14(15)19-16-13)9-3-4-10-11(7-9)18-6-5-17-10/h3-4,7-8H,5-6,15H2,1-2H3. The van der Waals surface area contributed by atoms with Crippen LogP contribution in [-0.2, 0) is 0 Å². The van der Waals surface area contributed by atoms with E-state index in [1.807, 2.05) is 18.2 Å². The minimum Gasteiger partial charge on any atom is -0.486 e. The second-order valence-corrected chi connectivity index (χ2v) is 4.82. The van der Waals surface area contributed by atoms with Crippen molar-refractivity contribution >= 4 is 5.88 Å². The first-order valence-corrected chi connectivity index (χ1v) is 6.32. The van der Waals surface area contributed by atoms with Crippen LogP contribution in [0.1, 0.15) is 25.5 Å². The highest BCUT2D eigenvalue weighted by molar-refractivity contribution is 5.77. The molecule has 1 aliphatic rings. The molecular weight excluding hydrogens is 244 g/mol. The molecule has 0 amide bonds. The smallest absolute Gasteiger partial charge is 0.230 e. The van der Waals surface area contributed by atoms with E-state index >= 15 is 0 Å². The third kappa shape index (κ3) is 2.01. The van der Waals surface area contributed by atoms with Crippen LogP contribution in [0.15, 0.2) is 22.7 Å². The molecule has 0 unspecified atom stereocenters. The van der Waals surface area contributed by atoms with E-state index in [1.54, 1.807) is 0 Å². The van der Waals surface area contributed by atoms with Gasteiger partial charge in [0.25, 0.3) is 0 Å². The number of benzene rings is 1. The van der Waals surface area contributed by atoms with Crippen LogP contribution in [0.4, 0.5) is 5.88 Å². The van der Waals surface area contributed by atoms with Gasteiger partial charge in [-0.05, 0) is 23.6 Å². The summed E-state index contributed by atoms with van der Waals surface area (Å²) in [4.78, 5) is 0. The van der Waals surface area contributed by atoms with E-state index in [0.29, 0.717) is 19.1 Å². The van der Waals surface area contributed by atoms with Gasteiger partial charge in [-0.1, -0.05) is 25.1 Å². The Bertz CT molecular complexity index is 605. The molecule has 2 heterocycles. The van der Waals surface area contributed by atoms with Gasteiger partial charge in [0, 0.05) is 0 Å². The molecule has 0 radical (unpaired) electrons. The summed E-state index contributed by atoms with van der Waals surface area (Å²) in [6.45, 7) is 5.25. The van der Waals surface area contributed by atoms with Gasteiger partial charge >= 0.3 is 0 Å². The van der Waals surface area contributed by atoms with E-state index in [1.165, 1.54) is 0 Å². The Morgan fingerprint density at radius 3 is 2.63 bits per heavy atom. The Hall–Kier alpha value is -2.17. The molecule has 5 nitrogen and oxygen atoms in total. The van der Waals surface area contributed by atoms with Crippen molar-refractivity contribution in [3.8, 4) is 22.6 Å². The molecule has 1 aromatic carbocycles. The lowest BCUT2D eigenvalue weighted by Crippen LogP contribution is -2.15. The van der Waals surface area contributed by atoms with Crippen LogP contribution in [0.2, 0.25) is 0 Å². The average Bonchev–Trinajstić information content (AvgIpc) is 2.80. The van der Waals surface area contributed by atoms with E-state index in [4.69, 9.17) is 19.7 Å². The van der Waals surface area contributed by atoms with E-state index in [2.05, 4.69) is 19.0 Å². The summed E-state index contributed by atoms with van der Waals surface area (Å²) < 4.78 is 16.2. The van der Waals surface area contributed by atoms with Gasteiger partial charge in [-0.2, -0.15) is 0 Å². The van der Waals surface area contributed by atoms with Crippen LogP contribution in [0.25, 0.3) is 11.1 Å². The maximum atomic E-state index is 5.89. The first kappa shape index (κ1) is 11.9. The molecule has 19 heavy (non-hydrogen) atoms. The molecule has 3 rings (SSSR count). The molecule has 1 aromatic heterocycles. The van der Waals surface area contributed by atoms with Gasteiger partial charge in [0.15, 0.2) is 11.5 Å². The summed E-state index contributed by atoms with van der Waals surface area (Å²) in [5.41, 5.74) is 8.52. The van der Waals surface area contributed by atoms with Crippen LogP contribution in [-0.4, -0.2) is 18.4 Å². The molecule has 2 aromatic rings. The summed E-state index contributed by atoms with van der Waals surface area (Å²) in [5.74, 6) is 2.07. The van der Waals surface area contributed by atoms with Crippen molar-refractivity contribution < 1.29 is 14.0 Å². The van der Waals surface area contributed by atoms with Gasteiger partial charge in [0.05, 0.1) is 11.3 Å². The highest BCUT2D eigenvalue weighted by atomic mass is 16.6. The van der Waals surface area contributed by atoms with Gasteiger partial charge in [0.2, 0.25) is 5.88 Å². The first-order chi connectivity index (χ1) is 9.16. The number of nitrogens with zero attached hydrogens (tertiary/aromatic N) is 1. The Labute approximate surface area is 111 Å². The molecule has 0 atom stereocenters. The van der Waals surface area contributed by atoms with Crippen LogP contribution in [0.5, 0.6) is 11.5 Å². The Kier molecular flexibility index (Phi) is 2.81. The molecule has 0 fully saturated rings. The van der Waals surface area contributed by atoms with Gasteiger partial charge < -0.3 is 19.7 Å². The predicted octanol–water partition coefficient (Wildman–Crippen LogP) is 2.82. The molecule has 2 N–H and O–H groups in total. The summed E-state index contributed by atoms with van der Waals surface area (Å²) in [5, 5.41) is 4.03. The third-order valence-electron chi connectivity index (χ3n) is 3.12. The highest BCUT2D eigenvalue weighted by Gasteiger charge is 2.20. The monoisotopic (exact) mass is 260 g/mol. The maximum Gasteiger partial charge on any atom is 0.230 e. The lowest BCUT2D eigenvalue weighted by atomic mass is 9.99. The number of nitrogens with two attached hydrogens (primary N) is 1. The third-order valence-corrected chi connectivity index (χ3v) is 3.12. The predicted molar refractivity (Wildman–Crippen MR) is 71.4 cm³/mol. The number of aromatic nitrogens is 1. The van der Waals surface area contributed by atoms with Crippen molar-refractivity contribution in [2.45, 2.75) is 19.8 Å². The molecular formula is C14H16N2O3. The van der Waals surface area contributed by atoms with Crippen LogP contribution in [0.3, 0.4) is 0 Å². The van der Waals surface area contributed by atoms with Crippen molar-refractivity contribution in [1.82, 2.24) is 5.16 Å². The number of rotatable bonds is 2. The molecule has 0 bridgehead atoms. The number of anilines is 1. The van der Waals surface area contributed by atoms with Crippen molar-refractivity contribution in [2.24, 2.45) is 0 Å². The molecule has 1 aliphatic heterocycles. The average molecular weight is 260 g/mol. The summed E-state index contributed by atoms with van der Waals surface area (Å²) in [7, 11) is 0. The minimum absolute atomic E-state index is 0.240. The second kappa shape index (κ2) is 4.50. The van der Waals surface area contributed by atoms with Gasteiger partial charge in [0.1, 0.15) is 13.2 Å². The zero-order valence-corrected chi connectivity index (χ0v) is 11.0. The Morgan fingerprint density at radius 1 is 1.16 bits per heavy atom. The van der Waals surface area contributed by atoms with Gasteiger partial charge in [-0.25, -0.2) is 0 Å². The number of hydrogen-bond acceptors (Lipinski definition) is 5. The van der Waals surface area contributed by atoms with Crippen LogP contribution < -0.4 is 15.2 Å². The minimum atomic E-state index is 0.240. The summed E-state index contributed by atoms with van der Waals surface area (Å²) >= 11 is 0. The molecule has 0 saturated heterocycles. The van der Waals surface area contributed by atoms with E-state index < -0.39 is 0 Å². The number of hydrogen-bond donors (Lipinski definition) is 1. The normalized spacial score (nSPS) is 13.8. The topological polar surface area (TPSA) is 70.5 Å². The zero-order chi connectivity index (χ0) is 13.4. The second-order valence-electron chi connectivity index (χ2n) is 4.82. The van der Waals surface area contributed by atoms with E-state index in [0.717, 1.165) is 28.3 Å². The number of fused-ring (bicyclic) bond motifs is 1. The molecule has 0 aliphatic carbocycles. The van der Waals surface area contributed by atoms with Crippen LogP contribution in [0, 0.1) is 0 Å². The lowest BCUT2D eigenvalue weighted by Gasteiger charge is -2.19. The quantitative estimate of drug-likeness (QED) is 0.899. The fraction of sp³-hybridized carbons (Fsp3) is 0.357. The van der Waals surface area contributed by atoms with Gasteiger partial charge in [-0.3, -0.25) is 0 Å². The lowest BCUT2D eigenvalue weighted by molar-refractivity contribution is 0.171. The van der Waals surface area contributed by atoms with Gasteiger partial charge in [-0.15, -0.1) is 0 Å². The molecule has 100 valence electrons. The van der Waals surface area contributed by atoms with E-state index in [9.17, 15) is 0 Å². The number of nitrogen functional groups attached to an aromatic ring is 1. The SMILES string of the molecule is CC(C)c1noc(N)c1-c1ccc2c(c1)OCCO2. The molecule has 5 heteroatoms. The van der Waals surface area contributed by atoms with Crippen molar-refractivity contribution in [1.29, 1.82) is 0 Å². The Morgan fingerprint density at radius 2 is 1.89 bits per heavy atom. The summed E-state index contributed by atoms with van der Waals surface area (Å²) in [6, 6.07) is 5.76. The van der Waals surface area contributed by atoms with E-state index in [-0.39, 0.29) is 5.92 Å². The summed E-state index contributed by atoms with van der Waals surface area (Å²) in [6.07, 6.45) is 0. The fourth-order valence-corrected chi connectivity index (χ4v) is 2.20. The molecule has 0 spiro atoms.